The first kappa shape index (κ1) is 18.8. The maximum atomic E-state index is 12.9. The van der Waals surface area contributed by atoms with E-state index in [2.05, 4.69) is 5.32 Å². The van der Waals surface area contributed by atoms with Gasteiger partial charge in [0.2, 0.25) is 22.7 Å². The summed E-state index contributed by atoms with van der Waals surface area (Å²) in [5, 5.41) is 2.86. The predicted octanol–water partition coefficient (Wildman–Crippen LogP) is 2.76. The minimum atomic E-state index is -3.61. The zero-order valence-corrected chi connectivity index (χ0v) is 16.4. The van der Waals surface area contributed by atoms with Crippen LogP contribution in [0.4, 0.5) is 5.69 Å². The smallest absolute Gasteiger partial charge is 0.243 e. The van der Waals surface area contributed by atoms with Crippen LogP contribution in [0.2, 0.25) is 0 Å². The lowest BCUT2D eigenvalue weighted by atomic mass is 9.98. The Hall–Kier alpha value is -2.58. The number of aryl methyl sites for hydroxylation is 1. The minimum absolute atomic E-state index is 0.168. The van der Waals surface area contributed by atoms with Crippen molar-refractivity contribution in [1.82, 2.24) is 4.31 Å². The molecule has 2 heterocycles. The number of hydrogen-bond acceptors (Lipinski definition) is 5. The fourth-order valence-electron chi connectivity index (χ4n) is 3.45. The molecule has 0 unspecified atom stereocenters. The molecule has 2 aliphatic heterocycles. The first-order chi connectivity index (χ1) is 13.4. The summed E-state index contributed by atoms with van der Waals surface area (Å²) in [5.41, 5.74) is 1.60. The van der Waals surface area contributed by atoms with Gasteiger partial charge in [-0.15, -0.1) is 0 Å². The van der Waals surface area contributed by atoms with Crippen LogP contribution in [0.3, 0.4) is 0 Å². The summed E-state index contributed by atoms with van der Waals surface area (Å²) in [7, 11) is -3.61. The summed E-state index contributed by atoms with van der Waals surface area (Å²) in [4.78, 5) is 13.0. The summed E-state index contributed by atoms with van der Waals surface area (Å²) < 4.78 is 37.8. The number of amides is 1. The molecule has 1 atom stereocenters. The maximum absolute atomic E-state index is 12.9. The average Bonchev–Trinajstić information content (AvgIpc) is 3.16. The highest BCUT2D eigenvalue weighted by molar-refractivity contribution is 7.89. The number of benzene rings is 2. The predicted molar refractivity (Wildman–Crippen MR) is 104 cm³/mol. The third-order valence-corrected chi connectivity index (χ3v) is 6.93. The number of nitrogens with one attached hydrogen (secondary N) is 1. The van der Waals surface area contributed by atoms with E-state index in [9.17, 15) is 13.2 Å². The van der Waals surface area contributed by atoms with Gasteiger partial charge in [0.1, 0.15) is 0 Å². The standard InChI is InChI=1S/C20H22N2O5S/c1-14-4-7-17(8-5-14)28(24,25)22-10-2-3-15(12-22)20(23)21-16-6-9-18-19(11-16)27-13-26-18/h4-9,11,15H,2-3,10,12-13H2,1H3,(H,21,23)/t15-/m0/s1. The summed E-state index contributed by atoms with van der Waals surface area (Å²) in [6.07, 6.45) is 1.29. The van der Waals surface area contributed by atoms with E-state index in [0.29, 0.717) is 36.6 Å². The van der Waals surface area contributed by atoms with Crippen molar-refractivity contribution in [3.05, 3.63) is 48.0 Å². The van der Waals surface area contributed by atoms with Crippen molar-refractivity contribution >= 4 is 21.6 Å². The third kappa shape index (κ3) is 3.70. The van der Waals surface area contributed by atoms with E-state index in [4.69, 9.17) is 9.47 Å². The summed E-state index contributed by atoms with van der Waals surface area (Å²) in [6.45, 7) is 2.67. The largest absolute Gasteiger partial charge is 0.454 e. The van der Waals surface area contributed by atoms with E-state index in [0.717, 1.165) is 5.56 Å². The topological polar surface area (TPSA) is 84.9 Å². The van der Waals surface area contributed by atoms with Crippen molar-refractivity contribution in [3.63, 3.8) is 0 Å². The number of ether oxygens (including phenoxy) is 2. The molecular formula is C20H22N2O5S. The molecule has 8 heteroatoms. The highest BCUT2D eigenvalue weighted by Crippen LogP contribution is 2.34. The van der Waals surface area contributed by atoms with Gasteiger partial charge in [0.05, 0.1) is 10.8 Å². The van der Waals surface area contributed by atoms with Crippen LogP contribution in [-0.4, -0.2) is 38.5 Å². The molecule has 4 rings (SSSR count). The molecule has 2 aromatic rings. The fraction of sp³-hybridized carbons (Fsp3) is 0.350. The van der Waals surface area contributed by atoms with Crippen molar-refractivity contribution in [2.75, 3.05) is 25.2 Å². The Bertz CT molecular complexity index is 988. The minimum Gasteiger partial charge on any atom is -0.454 e. The molecule has 7 nitrogen and oxygen atoms in total. The van der Waals surface area contributed by atoms with Crippen molar-refractivity contribution in [3.8, 4) is 11.5 Å². The van der Waals surface area contributed by atoms with Crippen LogP contribution < -0.4 is 14.8 Å². The molecule has 0 aliphatic carbocycles. The molecule has 0 radical (unpaired) electrons. The number of fused-ring (bicyclic) bond motifs is 1. The van der Waals surface area contributed by atoms with E-state index >= 15 is 0 Å². The van der Waals surface area contributed by atoms with Gasteiger partial charge >= 0.3 is 0 Å². The van der Waals surface area contributed by atoms with Gasteiger partial charge in [0, 0.05) is 24.8 Å². The molecule has 1 fully saturated rings. The Morgan fingerprint density at radius 3 is 2.64 bits per heavy atom. The Balaban J connectivity index is 1.45. The lowest BCUT2D eigenvalue weighted by Gasteiger charge is -2.31. The molecule has 148 valence electrons. The Morgan fingerprint density at radius 2 is 1.86 bits per heavy atom. The normalized spacial score (nSPS) is 19.4. The summed E-state index contributed by atoms with van der Waals surface area (Å²) >= 11 is 0. The van der Waals surface area contributed by atoms with Crippen LogP contribution in [-0.2, 0) is 14.8 Å². The number of rotatable bonds is 4. The third-order valence-electron chi connectivity index (χ3n) is 5.05. The Kier molecular flexibility index (Phi) is 4.99. The molecule has 0 saturated carbocycles. The lowest BCUT2D eigenvalue weighted by molar-refractivity contribution is -0.120. The number of piperidine rings is 1. The number of carbonyl (C=O) groups is 1. The van der Waals surface area contributed by atoms with Crippen LogP contribution in [0, 0.1) is 12.8 Å². The van der Waals surface area contributed by atoms with Crippen LogP contribution in [0.5, 0.6) is 11.5 Å². The lowest BCUT2D eigenvalue weighted by Crippen LogP contribution is -2.43. The van der Waals surface area contributed by atoms with Gasteiger partial charge in [0.15, 0.2) is 11.5 Å². The first-order valence-corrected chi connectivity index (χ1v) is 10.6. The zero-order chi connectivity index (χ0) is 19.7. The summed E-state index contributed by atoms with van der Waals surface area (Å²) in [5.74, 6) is 0.637. The molecule has 1 N–H and O–H groups in total. The Labute approximate surface area is 164 Å². The van der Waals surface area contributed by atoms with Crippen LogP contribution in [0.25, 0.3) is 0 Å². The second kappa shape index (κ2) is 7.44. The van der Waals surface area contributed by atoms with E-state index in [1.807, 2.05) is 6.92 Å². The highest BCUT2D eigenvalue weighted by atomic mass is 32.2. The number of anilines is 1. The van der Waals surface area contributed by atoms with E-state index in [1.54, 1.807) is 42.5 Å². The van der Waals surface area contributed by atoms with E-state index < -0.39 is 15.9 Å². The molecule has 0 aromatic heterocycles. The number of nitrogens with zero attached hydrogens (tertiary/aromatic N) is 1. The molecule has 2 aliphatic rings. The number of sulfonamides is 1. The van der Waals surface area contributed by atoms with Gasteiger partial charge < -0.3 is 14.8 Å². The average molecular weight is 402 g/mol. The van der Waals surface area contributed by atoms with Crippen LogP contribution in [0.1, 0.15) is 18.4 Å². The first-order valence-electron chi connectivity index (χ1n) is 9.21. The van der Waals surface area contributed by atoms with E-state index in [-0.39, 0.29) is 24.1 Å². The Morgan fingerprint density at radius 1 is 1.11 bits per heavy atom. The molecular weight excluding hydrogens is 380 g/mol. The second-order valence-electron chi connectivity index (χ2n) is 7.07. The highest BCUT2D eigenvalue weighted by Gasteiger charge is 2.33. The maximum Gasteiger partial charge on any atom is 0.243 e. The molecule has 0 spiro atoms. The van der Waals surface area contributed by atoms with E-state index in [1.165, 1.54) is 4.31 Å². The molecule has 1 saturated heterocycles. The molecule has 1 amide bonds. The molecule has 28 heavy (non-hydrogen) atoms. The van der Waals surface area contributed by atoms with Crippen LogP contribution >= 0.6 is 0 Å². The monoisotopic (exact) mass is 402 g/mol. The zero-order valence-electron chi connectivity index (χ0n) is 15.6. The van der Waals surface area contributed by atoms with Crippen molar-refractivity contribution in [1.29, 1.82) is 0 Å². The van der Waals surface area contributed by atoms with Crippen molar-refractivity contribution < 1.29 is 22.7 Å². The fourth-order valence-corrected chi connectivity index (χ4v) is 4.98. The molecule has 2 aromatic carbocycles. The van der Waals surface area contributed by atoms with Crippen molar-refractivity contribution in [2.24, 2.45) is 5.92 Å². The van der Waals surface area contributed by atoms with Gasteiger partial charge in [-0.05, 0) is 44.0 Å². The van der Waals surface area contributed by atoms with Gasteiger partial charge in [-0.2, -0.15) is 4.31 Å². The van der Waals surface area contributed by atoms with Gasteiger partial charge in [-0.1, -0.05) is 17.7 Å². The SMILES string of the molecule is Cc1ccc(S(=O)(=O)N2CCC[C@H](C(=O)Nc3ccc4c(c3)OCO4)C2)cc1. The quantitative estimate of drug-likeness (QED) is 0.850. The van der Waals surface area contributed by atoms with Gasteiger partial charge in [-0.25, -0.2) is 8.42 Å². The summed E-state index contributed by atoms with van der Waals surface area (Å²) in [6, 6.07) is 12.0. The second-order valence-corrected chi connectivity index (χ2v) is 9.01. The van der Waals surface area contributed by atoms with Crippen LogP contribution in [0.15, 0.2) is 47.4 Å². The van der Waals surface area contributed by atoms with Crippen molar-refractivity contribution in [2.45, 2.75) is 24.7 Å². The number of hydrogen-bond donors (Lipinski definition) is 1. The van der Waals surface area contributed by atoms with Gasteiger partial charge in [-0.3, -0.25) is 4.79 Å². The van der Waals surface area contributed by atoms with Gasteiger partial charge in [0.25, 0.3) is 0 Å². The molecule has 0 bridgehead atoms. The number of carbonyl (C=O) groups excluding carboxylic acids is 1.